The Balaban J connectivity index is 0.000000157. The van der Waals surface area contributed by atoms with Crippen molar-refractivity contribution in [2.75, 3.05) is 16.4 Å². The second-order valence-electron chi connectivity index (χ2n) is 11.8. The molecule has 2 aromatic heterocycles. The van der Waals surface area contributed by atoms with Crippen LogP contribution in [0.1, 0.15) is 18.1 Å². The largest absolute Gasteiger partial charge is 0.399 e. The summed E-state index contributed by atoms with van der Waals surface area (Å²) in [6.07, 6.45) is 1.75. The van der Waals surface area contributed by atoms with E-state index in [0.717, 1.165) is 83.2 Å². The molecule has 246 valence electrons. The van der Waals surface area contributed by atoms with Crippen LogP contribution in [0.3, 0.4) is 0 Å². The lowest BCUT2D eigenvalue weighted by Crippen LogP contribution is -1.98. The SMILES string of the molecule is CC=Nc1cc(CO)cc(Nc2c3ccccc3nc3ccccc23)c1.Nc1cc(CO)cc(Nc2c3ccccc3nc3ccccc23)c1. The van der Waals surface area contributed by atoms with Gasteiger partial charge in [0.2, 0.25) is 0 Å². The number of nitrogens with zero attached hydrogens (tertiary/aromatic N) is 3. The number of nitrogens with two attached hydrogens (primary N) is 1. The van der Waals surface area contributed by atoms with Gasteiger partial charge < -0.3 is 26.6 Å². The van der Waals surface area contributed by atoms with Crippen molar-refractivity contribution in [3.05, 3.63) is 145 Å². The molecule has 0 aliphatic rings. The maximum absolute atomic E-state index is 9.57. The van der Waals surface area contributed by atoms with Gasteiger partial charge in [0, 0.05) is 44.8 Å². The Labute approximate surface area is 289 Å². The lowest BCUT2D eigenvalue weighted by atomic mass is 10.1. The molecular weight excluding hydrogens is 621 g/mol. The first-order valence-corrected chi connectivity index (χ1v) is 16.4. The summed E-state index contributed by atoms with van der Waals surface area (Å²) < 4.78 is 0. The molecule has 0 amide bonds. The van der Waals surface area contributed by atoms with Crippen molar-refractivity contribution in [2.24, 2.45) is 4.99 Å². The van der Waals surface area contributed by atoms with Gasteiger partial charge in [0.05, 0.1) is 52.3 Å². The Morgan fingerprint density at radius 1 is 0.560 bits per heavy atom. The Kier molecular flexibility index (Phi) is 9.28. The predicted octanol–water partition coefficient (Wildman–Crippen LogP) is 9.55. The smallest absolute Gasteiger partial charge is 0.0730 e. The molecule has 0 saturated heterocycles. The molecule has 6 aromatic carbocycles. The first kappa shape index (κ1) is 32.2. The zero-order chi connectivity index (χ0) is 34.5. The van der Waals surface area contributed by atoms with Gasteiger partial charge in [-0.15, -0.1) is 0 Å². The molecule has 0 radical (unpaired) electrons. The lowest BCUT2D eigenvalue weighted by Gasteiger charge is -2.14. The number of nitrogens with one attached hydrogen (secondary N) is 2. The molecule has 8 rings (SSSR count). The minimum absolute atomic E-state index is 0.0282. The second kappa shape index (κ2) is 14.4. The van der Waals surface area contributed by atoms with Gasteiger partial charge >= 0.3 is 0 Å². The van der Waals surface area contributed by atoms with Crippen molar-refractivity contribution in [3.63, 3.8) is 0 Å². The number of fused-ring (bicyclic) bond motifs is 4. The fraction of sp³-hybridized carbons (Fsp3) is 0.0714. The molecule has 8 heteroatoms. The summed E-state index contributed by atoms with van der Waals surface area (Å²) in [6, 6.07) is 43.6. The molecule has 8 nitrogen and oxygen atoms in total. The van der Waals surface area contributed by atoms with E-state index >= 15 is 0 Å². The number of hydrogen-bond donors (Lipinski definition) is 5. The molecule has 6 N–H and O–H groups in total. The molecule has 0 bridgehead atoms. The zero-order valence-electron chi connectivity index (χ0n) is 27.5. The van der Waals surface area contributed by atoms with Crippen molar-refractivity contribution in [2.45, 2.75) is 20.1 Å². The number of aliphatic hydroxyl groups is 2. The summed E-state index contributed by atoms with van der Waals surface area (Å²) in [5.74, 6) is 0. The quantitative estimate of drug-likeness (QED) is 0.0656. The maximum atomic E-state index is 9.57. The highest BCUT2D eigenvalue weighted by atomic mass is 16.3. The fourth-order valence-electron chi connectivity index (χ4n) is 6.18. The topological polar surface area (TPSA) is 129 Å². The molecule has 0 atom stereocenters. The minimum Gasteiger partial charge on any atom is -0.399 e. The summed E-state index contributed by atoms with van der Waals surface area (Å²) in [7, 11) is 0. The van der Waals surface area contributed by atoms with Crippen LogP contribution < -0.4 is 16.4 Å². The number of aromatic nitrogens is 2. The normalized spacial score (nSPS) is 11.3. The number of aliphatic imine (C=N–C) groups is 1. The number of rotatable bonds is 7. The molecule has 0 aliphatic carbocycles. The summed E-state index contributed by atoms with van der Waals surface area (Å²) in [5, 5.41) is 30.2. The zero-order valence-corrected chi connectivity index (χ0v) is 27.5. The van der Waals surface area contributed by atoms with Gasteiger partial charge in [-0.2, -0.15) is 0 Å². The number of pyridine rings is 2. The number of nitrogen functional groups attached to an aromatic ring is 1. The van der Waals surface area contributed by atoms with Gasteiger partial charge in [0.1, 0.15) is 0 Å². The summed E-state index contributed by atoms with van der Waals surface area (Å²) in [4.78, 5) is 13.8. The number of aliphatic hydroxyl groups excluding tert-OH is 2. The lowest BCUT2D eigenvalue weighted by molar-refractivity contribution is 0.281. The molecular formula is C42H36N6O2. The van der Waals surface area contributed by atoms with Gasteiger partial charge in [0.25, 0.3) is 0 Å². The first-order valence-electron chi connectivity index (χ1n) is 16.4. The van der Waals surface area contributed by atoms with Crippen molar-refractivity contribution in [1.29, 1.82) is 0 Å². The van der Waals surface area contributed by atoms with Crippen LogP contribution >= 0.6 is 0 Å². The third-order valence-corrected chi connectivity index (χ3v) is 8.35. The van der Waals surface area contributed by atoms with Crippen LogP contribution in [-0.2, 0) is 13.2 Å². The van der Waals surface area contributed by atoms with Gasteiger partial charge in [-0.25, -0.2) is 9.97 Å². The van der Waals surface area contributed by atoms with Crippen molar-refractivity contribution >= 4 is 84.0 Å². The van der Waals surface area contributed by atoms with Crippen LogP contribution in [0.5, 0.6) is 0 Å². The van der Waals surface area contributed by atoms with E-state index in [-0.39, 0.29) is 13.2 Å². The second-order valence-corrected chi connectivity index (χ2v) is 11.8. The highest BCUT2D eigenvalue weighted by molar-refractivity contribution is 6.09. The number of benzene rings is 6. The van der Waals surface area contributed by atoms with Crippen molar-refractivity contribution in [3.8, 4) is 0 Å². The van der Waals surface area contributed by atoms with Crippen LogP contribution in [-0.4, -0.2) is 26.4 Å². The summed E-state index contributed by atoms with van der Waals surface area (Å²) >= 11 is 0. The van der Waals surface area contributed by atoms with E-state index in [4.69, 9.17) is 15.7 Å². The minimum atomic E-state index is -0.0441. The van der Waals surface area contributed by atoms with Crippen LogP contribution in [0.2, 0.25) is 0 Å². The van der Waals surface area contributed by atoms with Crippen LogP contribution in [0, 0.1) is 0 Å². The van der Waals surface area contributed by atoms with Crippen molar-refractivity contribution in [1.82, 2.24) is 9.97 Å². The number of para-hydroxylation sites is 4. The Hall–Kier alpha value is -6.35. The maximum Gasteiger partial charge on any atom is 0.0730 e. The third kappa shape index (κ3) is 6.79. The van der Waals surface area contributed by atoms with Crippen LogP contribution in [0.15, 0.2) is 138 Å². The highest BCUT2D eigenvalue weighted by Gasteiger charge is 2.11. The fourth-order valence-corrected chi connectivity index (χ4v) is 6.18. The number of anilines is 5. The van der Waals surface area contributed by atoms with E-state index in [2.05, 4.69) is 39.9 Å². The molecule has 0 aliphatic heterocycles. The van der Waals surface area contributed by atoms with Gasteiger partial charge in [-0.1, -0.05) is 72.8 Å². The predicted molar refractivity (Wildman–Crippen MR) is 208 cm³/mol. The Bertz CT molecular complexity index is 2400. The standard InChI is InChI=1S/C22H19N3O.C20H17N3O/c1-2-23-16-11-15(14-26)12-17(13-16)24-22-18-7-3-5-9-20(18)25-21-10-6-4-8-19(21)22;21-14-9-13(12-24)10-15(11-14)22-20-16-5-1-3-7-18(16)23-19-8-4-2-6-17(19)20/h2-13,26H,14H2,1H3,(H,24,25);1-11,24H,12,21H2,(H,22,23). The van der Waals surface area contributed by atoms with E-state index in [1.807, 2.05) is 110 Å². The molecule has 0 unspecified atom stereocenters. The molecule has 8 aromatic rings. The molecule has 0 saturated carbocycles. The molecule has 2 heterocycles. The van der Waals surface area contributed by atoms with E-state index in [0.29, 0.717) is 5.69 Å². The number of hydrogen-bond acceptors (Lipinski definition) is 8. The van der Waals surface area contributed by atoms with Crippen LogP contribution in [0.4, 0.5) is 34.1 Å². The first-order chi connectivity index (χ1) is 24.5. The van der Waals surface area contributed by atoms with Crippen molar-refractivity contribution < 1.29 is 10.2 Å². The third-order valence-electron chi connectivity index (χ3n) is 8.35. The van der Waals surface area contributed by atoms with E-state index in [1.165, 1.54) is 0 Å². The van der Waals surface area contributed by atoms with Gasteiger partial charge in [0.15, 0.2) is 0 Å². The summed E-state index contributed by atoms with van der Waals surface area (Å²) in [5.41, 5.74) is 16.5. The average Bonchev–Trinajstić information content (AvgIpc) is 3.14. The summed E-state index contributed by atoms with van der Waals surface area (Å²) in [6.45, 7) is 1.81. The monoisotopic (exact) mass is 656 g/mol. The Morgan fingerprint density at radius 2 is 0.960 bits per heavy atom. The average molecular weight is 657 g/mol. The van der Waals surface area contributed by atoms with E-state index in [9.17, 15) is 10.2 Å². The van der Waals surface area contributed by atoms with Gasteiger partial charge in [-0.3, -0.25) is 4.99 Å². The van der Waals surface area contributed by atoms with Crippen LogP contribution in [0.25, 0.3) is 43.6 Å². The highest BCUT2D eigenvalue weighted by Crippen LogP contribution is 2.35. The van der Waals surface area contributed by atoms with E-state index < -0.39 is 0 Å². The van der Waals surface area contributed by atoms with E-state index in [1.54, 1.807) is 12.3 Å². The molecule has 50 heavy (non-hydrogen) atoms. The Morgan fingerprint density at radius 3 is 1.38 bits per heavy atom. The molecule has 0 spiro atoms. The molecule has 0 fully saturated rings. The van der Waals surface area contributed by atoms with Gasteiger partial charge in [-0.05, 0) is 78.7 Å².